The van der Waals surface area contributed by atoms with Crippen molar-refractivity contribution in [2.45, 2.75) is 13.5 Å². The lowest BCUT2D eigenvalue weighted by Crippen LogP contribution is -2.23. The van der Waals surface area contributed by atoms with Crippen molar-refractivity contribution in [1.82, 2.24) is 5.48 Å². The molecule has 2 N–H and O–H groups in total. The van der Waals surface area contributed by atoms with Gasteiger partial charge in [0, 0.05) is 26.1 Å². The van der Waals surface area contributed by atoms with Gasteiger partial charge in [-0.2, -0.15) is 0 Å². The highest BCUT2D eigenvalue weighted by molar-refractivity contribution is 14.1. The largest absolute Gasteiger partial charge is 0.355 e. The molecule has 4 nitrogen and oxygen atoms in total. The van der Waals surface area contributed by atoms with E-state index in [9.17, 15) is 9.18 Å². The standard InChI is InChI=1S/C21H18FIN2O2/c1-14-12-18(23)10-11-19(14)24-20-5-3-2-4-16(20)13-27-25-21(26)15-6-8-17(22)9-7-15/h2-12,24H,13H2,1H3,(H,25,26). The van der Waals surface area contributed by atoms with Gasteiger partial charge in [0.15, 0.2) is 0 Å². The lowest BCUT2D eigenvalue weighted by Gasteiger charge is -2.14. The van der Waals surface area contributed by atoms with Crippen LogP contribution < -0.4 is 10.8 Å². The Hall–Kier alpha value is -2.45. The van der Waals surface area contributed by atoms with Crippen LogP contribution >= 0.6 is 22.6 Å². The fraction of sp³-hybridized carbons (Fsp3) is 0.0952. The molecule has 0 fully saturated rings. The minimum Gasteiger partial charge on any atom is -0.355 e. The van der Waals surface area contributed by atoms with Crippen LogP contribution in [0.4, 0.5) is 15.8 Å². The van der Waals surface area contributed by atoms with E-state index in [0.29, 0.717) is 5.56 Å². The van der Waals surface area contributed by atoms with Gasteiger partial charge in [-0.05, 0) is 83.6 Å². The number of rotatable bonds is 6. The molecule has 1 amide bonds. The third kappa shape index (κ3) is 5.27. The first-order chi connectivity index (χ1) is 13.0. The summed E-state index contributed by atoms with van der Waals surface area (Å²) in [6.07, 6.45) is 0. The topological polar surface area (TPSA) is 50.4 Å². The Morgan fingerprint density at radius 3 is 2.52 bits per heavy atom. The Morgan fingerprint density at radius 1 is 1.04 bits per heavy atom. The normalized spacial score (nSPS) is 10.5. The van der Waals surface area contributed by atoms with Crippen molar-refractivity contribution in [1.29, 1.82) is 0 Å². The number of nitrogens with one attached hydrogen (secondary N) is 2. The number of benzene rings is 3. The lowest BCUT2D eigenvalue weighted by molar-refractivity contribution is 0.0235. The van der Waals surface area contributed by atoms with E-state index in [1.807, 2.05) is 43.3 Å². The van der Waals surface area contributed by atoms with Gasteiger partial charge >= 0.3 is 0 Å². The zero-order valence-corrected chi connectivity index (χ0v) is 16.8. The van der Waals surface area contributed by atoms with Crippen LogP contribution in [0, 0.1) is 16.3 Å². The molecule has 3 aromatic rings. The van der Waals surface area contributed by atoms with Crippen molar-refractivity contribution in [3.8, 4) is 0 Å². The quantitative estimate of drug-likeness (QED) is 0.373. The van der Waals surface area contributed by atoms with Gasteiger partial charge in [-0.3, -0.25) is 9.63 Å². The van der Waals surface area contributed by atoms with Crippen LogP contribution in [0.25, 0.3) is 0 Å². The summed E-state index contributed by atoms with van der Waals surface area (Å²) in [6.45, 7) is 2.24. The molecular formula is C21H18FIN2O2. The van der Waals surface area contributed by atoms with Gasteiger partial charge in [-0.15, -0.1) is 0 Å². The Bertz CT molecular complexity index is 945. The van der Waals surface area contributed by atoms with E-state index in [1.165, 1.54) is 27.8 Å². The molecule has 0 aliphatic heterocycles. The summed E-state index contributed by atoms with van der Waals surface area (Å²) in [6, 6.07) is 19.2. The fourth-order valence-electron chi connectivity index (χ4n) is 2.52. The first kappa shape index (κ1) is 19.3. The van der Waals surface area contributed by atoms with E-state index in [0.717, 1.165) is 22.5 Å². The molecule has 0 bridgehead atoms. The van der Waals surface area contributed by atoms with Crippen molar-refractivity contribution in [3.05, 3.63) is 92.8 Å². The average Bonchev–Trinajstić information content (AvgIpc) is 2.65. The Kier molecular flexibility index (Phi) is 6.41. The maximum absolute atomic E-state index is 12.9. The third-order valence-corrected chi connectivity index (χ3v) is 4.65. The molecule has 3 aromatic carbocycles. The summed E-state index contributed by atoms with van der Waals surface area (Å²) in [5.41, 5.74) is 6.67. The molecule has 6 heteroatoms. The van der Waals surface area contributed by atoms with Gasteiger partial charge < -0.3 is 5.32 Å². The van der Waals surface area contributed by atoms with Crippen LogP contribution in [-0.4, -0.2) is 5.91 Å². The minimum absolute atomic E-state index is 0.194. The number of anilines is 2. The lowest BCUT2D eigenvalue weighted by atomic mass is 10.1. The van der Waals surface area contributed by atoms with E-state index in [4.69, 9.17) is 4.84 Å². The van der Waals surface area contributed by atoms with Crippen LogP contribution in [0.15, 0.2) is 66.7 Å². The molecule has 0 saturated heterocycles. The monoisotopic (exact) mass is 476 g/mol. The predicted molar refractivity (Wildman–Crippen MR) is 112 cm³/mol. The van der Waals surface area contributed by atoms with E-state index >= 15 is 0 Å². The second kappa shape index (κ2) is 8.96. The molecule has 0 radical (unpaired) electrons. The number of hydroxylamine groups is 1. The summed E-state index contributed by atoms with van der Waals surface area (Å²) >= 11 is 2.28. The van der Waals surface area contributed by atoms with Crippen LogP contribution in [0.1, 0.15) is 21.5 Å². The molecule has 0 atom stereocenters. The SMILES string of the molecule is Cc1cc(I)ccc1Nc1ccccc1CONC(=O)c1ccc(F)cc1. The van der Waals surface area contributed by atoms with Gasteiger partial charge in [0.05, 0.1) is 0 Å². The van der Waals surface area contributed by atoms with Crippen molar-refractivity contribution in [3.63, 3.8) is 0 Å². The second-order valence-electron chi connectivity index (χ2n) is 5.97. The molecule has 0 aliphatic carbocycles. The summed E-state index contributed by atoms with van der Waals surface area (Å²) in [7, 11) is 0. The van der Waals surface area contributed by atoms with E-state index < -0.39 is 11.7 Å². The molecular weight excluding hydrogens is 458 g/mol. The molecule has 0 saturated carbocycles. The number of hydrogen-bond donors (Lipinski definition) is 2. The fourth-order valence-corrected chi connectivity index (χ4v) is 3.17. The number of carbonyl (C=O) groups is 1. The average molecular weight is 476 g/mol. The Balaban J connectivity index is 1.64. The Morgan fingerprint density at radius 2 is 1.78 bits per heavy atom. The zero-order valence-electron chi connectivity index (χ0n) is 14.6. The minimum atomic E-state index is -0.422. The van der Waals surface area contributed by atoms with Crippen molar-refractivity contribution in [2.24, 2.45) is 0 Å². The summed E-state index contributed by atoms with van der Waals surface area (Å²) < 4.78 is 14.1. The van der Waals surface area contributed by atoms with Gasteiger partial charge in [-0.1, -0.05) is 18.2 Å². The third-order valence-electron chi connectivity index (χ3n) is 3.97. The second-order valence-corrected chi connectivity index (χ2v) is 7.21. The van der Waals surface area contributed by atoms with Crippen LogP contribution in [0.2, 0.25) is 0 Å². The number of amides is 1. The molecule has 138 valence electrons. The van der Waals surface area contributed by atoms with Gasteiger partial charge in [-0.25, -0.2) is 9.87 Å². The summed E-state index contributed by atoms with van der Waals surface area (Å²) in [4.78, 5) is 17.4. The van der Waals surface area contributed by atoms with E-state index in [2.05, 4.69) is 39.5 Å². The first-order valence-electron chi connectivity index (χ1n) is 8.32. The van der Waals surface area contributed by atoms with Gasteiger partial charge in [0.2, 0.25) is 0 Å². The van der Waals surface area contributed by atoms with Gasteiger partial charge in [0.1, 0.15) is 12.4 Å². The number of carbonyl (C=O) groups excluding carboxylic acids is 1. The number of hydrogen-bond acceptors (Lipinski definition) is 3. The maximum atomic E-state index is 12.9. The van der Waals surface area contributed by atoms with E-state index in [-0.39, 0.29) is 6.61 Å². The maximum Gasteiger partial charge on any atom is 0.274 e. The van der Waals surface area contributed by atoms with E-state index in [1.54, 1.807) is 0 Å². The number of aryl methyl sites for hydroxylation is 1. The zero-order chi connectivity index (χ0) is 19.2. The summed E-state index contributed by atoms with van der Waals surface area (Å²) in [5.74, 6) is -0.813. The number of halogens is 2. The van der Waals surface area contributed by atoms with Crippen LogP contribution in [0.3, 0.4) is 0 Å². The smallest absolute Gasteiger partial charge is 0.274 e. The molecule has 0 unspecified atom stereocenters. The van der Waals surface area contributed by atoms with Gasteiger partial charge in [0.25, 0.3) is 5.91 Å². The van der Waals surface area contributed by atoms with Crippen molar-refractivity contribution in [2.75, 3.05) is 5.32 Å². The molecule has 27 heavy (non-hydrogen) atoms. The molecule has 0 aromatic heterocycles. The molecule has 0 spiro atoms. The highest BCUT2D eigenvalue weighted by Gasteiger charge is 2.08. The molecule has 3 rings (SSSR count). The first-order valence-corrected chi connectivity index (χ1v) is 9.39. The van der Waals surface area contributed by atoms with Crippen molar-refractivity contribution >= 4 is 39.9 Å². The molecule has 0 aliphatic rings. The van der Waals surface area contributed by atoms with Crippen LogP contribution in [0.5, 0.6) is 0 Å². The highest BCUT2D eigenvalue weighted by Crippen LogP contribution is 2.25. The van der Waals surface area contributed by atoms with Crippen LogP contribution in [-0.2, 0) is 11.4 Å². The number of para-hydroxylation sites is 1. The highest BCUT2D eigenvalue weighted by atomic mass is 127. The summed E-state index contributed by atoms with van der Waals surface area (Å²) in [5, 5.41) is 3.41. The predicted octanol–water partition coefficient (Wildman–Crippen LogP) is 5.34. The van der Waals surface area contributed by atoms with Crippen molar-refractivity contribution < 1.29 is 14.0 Å². The molecule has 0 heterocycles. The Labute approximate surface area is 170 Å².